The molecule has 0 aromatic heterocycles. The van der Waals surface area contributed by atoms with Gasteiger partial charge in [0.25, 0.3) is 11.8 Å². The van der Waals surface area contributed by atoms with Crippen molar-refractivity contribution < 1.29 is 22.1 Å². The van der Waals surface area contributed by atoms with E-state index < -0.39 is 16.1 Å². The van der Waals surface area contributed by atoms with E-state index in [-0.39, 0.29) is 0 Å². The first-order valence-corrected chi connectivity index (χ1v) is 24.4. The Morgan fingerprint density at radius 3 is 0.980 bits per heavy atom. The molecule has 0 N–H and O–H groups in total. The molecule has 4 nitrogen and oxygen atoms in total. The number of nitrogens with zero attached hydrogens (tertiary/aromatic N) is 2. The molecule has 6 aromatic rings. The molecule has 7 rings (SSSR count). The van der Waals surface area contributed by atoms with Crippen LogP contribution in [0.3, 0.4) is 0 Å². The maximum atomic E-state index is 6.26. The normalized spacial score (nSPS) is 14.7. The van der Waals surface area contributed by atoms with Crippen molar-refractivity contribution in [3.8, 4) is 0 Å². The summed E-state index contributed by atoms with van der Waals surface area (Å²) in [5.41, 5.74) is 1.74. The molecule has 9 heteroatoms. The van der Waals surface area contributed by atoms with Crippen LogP contribution in [0.4, 0.5) is 11.4 Å². The maximum absolute atomic E-state index is 6.26. The van der Waals surface area contributed by atoms with Crippen LogP contribution in [0.5, 0.6) is 0 Å². The van der Waals surface area contributed by atoms with Gasteiger partial charge in [-0.3, -0.25) is 0 Å². The van der Waals surface area contributed by atoms with Crippen LogP contribution in [0.15, 0.2) is 180 Å². The second-order valence-corrected chi connectivity index (χ2v) is 21.8. The average molecular weight is 789 g/mol. The van der Waals surface area contributed by atoms with Gasteiger partial charge in [0.05, 0.1) is 11.4 Å². The molecule has 0 unspecified atom stereocenters. The van der Waals surface area contributed by atoms with Gasteiger partial charge >= 0.3 is 33.0 Å². The van der Waals surface area contributed by atoms with Crippen LogP contribution >= 0.6 is 20.4 Å². The van der Waals surface area contributed by atoms with E-state index >= 15 is 0 Å². The Morgan fingerprint density at radius 1 is 0.431 bits per heavy atom. The Hall–Kier alpha value is -4.23. The second-order valence-electron chi connectivity index (χ2n) is 12.3. The molecule has 51 heavy (non-hydrogen) atoms. The Balaban J connectivity index is 0.00000144. The molecular weight excluding hydrogens is 750 g/mol. The Kier molecular flexibility index (Phi) is 12.4. The van der Waals surface area contributed by atoms with Crippen molar-refractivity contribution in [3.63, 3.8) is 0 Å². The van der Waals surface area contributed by atoms with Crippen molar-refractivity contribution in [2.75, 3.05) is 13.2 Å². The Labute approximate surface area is 317 Å². The van der Waals surface area contributed by atoms with Gasteiger partial charge in [0.15, 0.2) is 0 Å². The molecule has 1 aliphatic heterocycles. The SMILES string of the molecule is C[Si](c1ccccc1)(c1ccccc1)c1ccccc1N=C1OCCOC1=Nc1ccccc1[Si](C)(c1ccccc1)c1ccccc1.[Cl][Ni][Cl]. The summed E-state index contributed by atoms with van der Waals surface area (Å²) in [6, 6.07) is 60.2. The topological polar surface area (TPSA) is 43.2 Å². The van der Waals surface area contributed by atoms with E-state index in [0.29, 0.717) is 37.7 Å². The fraction of sp³-hybridized carbons (Fsp3) is 0.0952. The fourth-order valence-electron chi connectivity index (χ4n) is 6.81. The third-order valence-electron chi connectivity index (χ3n) is 9.48. The molecule has 0 saturated carbocycles. The van der Waals surface area contributed by atoms with E-state index in [1.807, 2.05) is 12.1 Å². The standard InChI is InChI=1S/C42H38N2O2Si2.2ClH.Ni/c1-47(33-19-7-3-8-20-33,34-21-9-4-10-22-34)39-29-17-15-27-37(39)43-41-42(46-32-31-45-41)44-38-28-16-18-30-40(38)48(2,35-23-11-5-12-24-35)36-25-13-6-14-26-36;;;/h3-30H,31-32H2,1-2H3;2*1H;/q;;;+2/p-2. The van der Waals surface area contributed by atoms with Gasteiger partial charge in [-0.25, -0.2) is 9.98 Å². The summed E-state index contributed by atoms with van der Waals surface area (Å²) in [6.45, 7) is 5.63. The number of ether oxygens (including phenoxy) is 2. The van der Waals surface area contributed by atoms with Gasteiger partial charge in [-0.2, -0.15) is 0 Å². The number of hydrogen-bond donors (Lipinski definition) is 0. The first-order valence-electron chi connectivity index (χ1n) is 16.7. The third kappa shape index (κ3) is 7.99. The first kappa shape index (κ1) is 36.6. The van der Waals surface area contributed by atoms with Crippen molar-refractivity contribution in [1.29, 1.82) is 0 Å². The van der Waals surface area contributed by atoms with Crippen molar-refractivity contribution in [3.05, 3.63) is 170 Å². The second kappa shape index (κ2) is 17.3. The molecule has 0 amide bonds. The van der Waals surface area contributed by atoms with Gasteiger partial charge in [-0.1, -0.05) is 171 Å². The van der Waals surface area contributed by atoms with Crippen LogP contribution in [0, 0.1) is 0 Å². The third-order valence-corrected chi connectivity index (χ3v) is 18.4. The average Bonchev–Trinajstić information content (AvgIpc) is 3.20. The van der Waals surface area contributed by atoms with E-state index in [2.05, 4.69) is 171 Å². The molecule has 1 saturated heterocycles. The van der Waals surface area contributed by atoms with E-state index in [4.69, 9.17) is 39.8 Å². The van der Waals surface area contributed by atoms with Crippen molar-refractivity contribution in [1.82, 2.24) is 0 Å². The van der Waals surface area contributed by atoms with Crippen LogP contribution in [0.25, 0.3) is 0 Å². The van der Waals surface area contributed by atoms with Crippen molar-refractivity contribution in [2.45, 2.75) is 13.1 Å². The summed E-state index contributed by atoms with van der Waals surface area (Å²) in [7, 11) is 4.50. The van der Waals surface area contributed by atoms with Crippen LogP contribution in [-0.2, 0) is 22.1 Å². The summed E-state index contributed by atoms with van der Waals surface area (Å²) in [5.74, 6) is 0.813. The predicted octanol–water partition coefficient (Wildman–Crippen LogP) is 7.07. The molecule has 6 aromatic carbocycles. The molecular formula is C42H38Cl2N2NiO2Si2. The van der Waals surface area contributed by atoms with Gasteiger partial charge < -0.3 is 9.47 Å². The van der Waals surface area contributed by atoms with E-state index in [1.165, 1.54) is 31.1 Å². The van der Waals surface area contributed by atoms with E-state index in [1.54, 1.807) is 0 Å². The summed E-state index contributed by atoms with van der Waals surface area (Å²) in [4.78, 5) is 10.4. The zero-order valence-corrected chi connectivity index (χ0v) is 32.9. The Bertz CT molecular complexity index is 1860. The molecule has 260 valence electrons. The van der Waals surface area contributed by atoms with Crippen molar-refractivity contribution in [2.24, 2.45) is 9.98 Å². The number of rotatable bonds is 8. The molecule has 0 aliphatic carbocycles. The summed E-state index contributed by atoms with van der Waals surface area (Å²) < 4.78 is 12.5. The monoisotopic (exact) mass is 786 g/mol. The number of benzene rings is 6. The van der Waals surface area contributed by atoms with Gasteiger partial charge in [-0.15, -0.1) is 0 Å². The number of para-hydroxylation sites is 2. The molecule has 1 heterocycles. The minimum atomic E-state index is -2.45. The molecule has 0 radical (unpaired) electrons. The molecule has 1 aliphatic rings. The number of aliphatic imine (C=N–C) groups is 2. The van der Waals surface area contributed by atoms with Gasteiger partial charge in [0, 0.05) is 0 Å². The zero-order chi connectivity index (χ0) is 35.5. The van der Waals surface area contributed by atoms with E-state index in [9.17, 15) is 0 Å². The van der Waals surface area contributed by atoms with Gasteiger partial charge in [-0.05, 0) is 43.3 Å². The van der Waals surface area contributed by atoms with Crippen LogP contribution in [0.2, 0.25) is 13.1 Å². The fourth-order valence-corrected chi connectivity index (χ4v) is 14.3. The molecule has 0 bridgehead atoms. The van der Waals surface area contributed by atoms with E-state index in [0.717, 1.165) is 11.4 Å². The summed E-state index contributed by atoms with van der Waals surface area (Å²) in [6.07, 6.45) is 0. The zero-order valence-electron chi connectivity index (χ0n) is 28.4. The van der Waals surface area contributed by atoms with Crippen LogP contribution in [-0.4, -0.2) is 41.2 Å². The summed E-state index contributed by atoms with van der Waals surface area (Å²) >= 11 is 0.569. The molecule has 1 fully saturated rings. The minimum absolute atomic E-state index is 0.406. The number of halogens is 2. The first-order chi connectivity index (χ1) is 25.0. The Morgan fingerprint density at radius 2 is 0.686 bits per heavy atom. The quantitative estimate of drug-likeness (QED) is 0.123. The van der Waals surface area contributed by atoms with Crippen LogP contribution in [0.1, 0.15) is 0 Å². The van der Waals surface area contributed by atoms with Gasteiger partial charge in [0.2, 0.25) is 0 Å². The molecule has 0 spiro atoms. The van der Waals surface area contributed by atoms with Crippen LogP contribution < -0.4 is 31.1 Å². The summed E-state index contributed by atoms with van der Waals surface area (Å²) in [5, 5.41) is 7.68. The molecule has 0 atom stereocenters. The van der Waals surface area contributed by atoms with Gasteiger partial charge in [0.1, 0.15) is 29.4 Å². The van der Waals surface area contributed by atoms with Crippen molar-refractivity contribution >= 4 is 90.8 Å². The predicted molar refractivity (Wildman–Crippen MR) is 217 cm³/mol. The number of hydrogen-bond acceptors (Lipinski definition) is 4.